The van der Waals surface area contributed by atoms with Gasteiger partial charge < -0.3 is 20.3 Å². The number of likely N-dealkylation sites (N-methyl/N-ethyl adjacent to an activating group) is 1. The molecule has 7 nitrogen and oxygen atoms in total. The standard InChI is InChI=1S/C17H34N6O.HI/c1-6-18-17(19-10-8-9-11-24-7-2)20-13-16(22(3)4)15-12-21-23(5)14-15;/h12,14,16H,6-11,13H2,1-5H3,(H2,18,19,20);1H. The molecule has 0 aliphatic carbocycles. The predicted octanol–water partition coefficient (Wildman–Crippen LogP) is 2.01. The Balaban J connectivity index is 0.00000576. The molecule has 2 N–H and O–H groups in total. The lowest BCUT2D eigenvalue weighted by Crippen LogP contribution is -2.38. The van der Waals surface area contributed by atoms with Gasteiger partial charge in [-0.3, -0.25) is 9.67 Å². The van der Waals surface area contributed by atoms with Crippen molar-refractivity contribution in [2.45, 2.75) is 32.7 Å². The molecule has 0 aromatic carbocycles. The van der Waals surface area contributed by atoms with Gasteiger partial charge in [0.15, 0.2) is 5.96 Å². The molecule has 0 aliphatic rings. The lowest BCUT2D eigenvalue weighted by molar-refractivity contribution is 0.143. The molecule has 25 heavy (non-hydrogen) atoms. The van der Waals surface area contributed by atoms with E-state index in [9.17, 15) is 0 Å². The Morgan fingerprint density at radius 1 is 1.32 bits per heavy atom. The van der Waals surface area contributed by atoms with Crippen LogP contribution in [0.1, 0.15) is 38.3 Å². The van der Waals surface area contributed by atoms with E-state index in [0.717, 1.165) is 45.1 Å². The molecule has 1 unspecified atom stereocenters. The molecule has 1 atom stereocenters. The van der Waals surface area contributed by atoms with Gasteiger partial charge in [-0.15, -0.1) is 24.0 Å². The summed E-state index contributed by atoms with van der Waals surface area (Å²) in [6.07, 6.45) is 6.10. The second-order valence-electron chi connectivity index (χ2n) is 5.98. The molecular formula is C17H35IN6O. The highest BCUT2D eigenvalue weighted by Crippen LogP contribution is 2.17. The predicted molar refractivity (Wildman–Crippen MR) is 115 cm³/mol. The van der Waals surface area contributed by atoms with Gasteiger partial charge in [-0.1, -0.05) is 0 Å². The molecule has 0 amide bonds. The fourth-order valence-corrected chi connectivity index (χ4v) is 2.38. The molecule has 0 fully saturated rings. The third kappa shape index (κ3) is 10.0. The van der Waals surface area contributed by atoms with E-state index < -0.39 is 0 Å². The number of ether oxygens (including phenoxy) is 1. The van der Waals surface area contributed by atoms with Crippen molar-refractivity contribution in [3.8, 4) is 0 Å². The Labute approximate surface area is 169 Å². The quantitative estimate of drug-likeness (QED) is 0.226. The molecule has 8 heteroatoms. The summed E-state index contributed by atoms with van der Waals surface area (Å²) in [6, 6.07) is 0.215. The molecular weight excluding hydrogens is 431 g/mol. The van der Waals surface area contributed by atoms with Crippen LogP contribution in [0.25, 0.3) is 0 Å². The van der Waals surface area contributed by atoms with Crippen LogP contribution in [0.3, 0.4) is 0 Å². The van der Waals surface area contributed by atoms with Crippen LogP contribution >= 0.6 is 24.0 Å². The second kappa shape index (κ2) is 14.3. The van der Waals surface area contributed by atoms with Gasteiger partial charge in [0.05, 0.1) is 18.8 Å². The molecule has 0 spiro atoms. The third-order valence-electron chi connectivity index (χ3n) is 3.71. The summed E-state index contributed by atoms with van der Waals surface area (Å²) >= 11 is 0. The number of hydrogen-bond acceptors (Lipinski definition) is 4. The Morgan fingerprint density at radius 3 is 2.64 bits per heavy atom. The topological polar surface area (TPSA) is 66.7 Å². The molecule has 0 saturated heterocycles. The Hall–Kier alpha value is -0.870. The van der Waals surface area contributed by atoms with Gasteiger partial charge in [-0.05, 0) is 40.8 Å². The van der Waals surface area contributed by atoms with E-state index >= 15 is 0 Å². The summed E-state index contributed by atoms with van der Waals surface area (Å²) in [4.78, 5) is 6.91. The highest BCUT2D eigenvalue weighted by molar-refractivity contribution is 14.0. The van der Waals surface area contributed by atoms with Crippen molar-refractivity contribution < 1.29 is 4.74 Å². The van der Waals surface area contributed by atoms with Crippen molar-refractivity contribution in [3.63, 3.8) is 0 Å². The van der Waals surface area contributed by atoms with E-state index in [1.54, 1.807) is 0 Å². The van der Waals surface area contributed by atoms with Gasteiger partial charge in [-0.25, -0.2) is 0 Å². The summed E-state index contributed by atoms with van der Waals surface area (Å²) in [5.74, 6) is 0.865. The van der Waals surface area contributed by atoms with Gasteiger partial charge in [-0.2, -0.15) is 5.10 Å². The van der Waals surface area contributed by atoms with Gasteiger partial charge >= 0.3 is 0 Å². The number of hydrogen-bond donors (Lipinski definition) is 2. The molecule has 0 bridgehead atoms. The minimum Gasteiger partial charge on any atom is -0.382 e. The van der Waals surface area contributed by atoms with E-state index in [4.69, 9.17) is 9.73 Å². The Bertz CT molecular complexity index is 477. The van der Waals surface area contributed by atoms with Crippen molar-refractivity contribution in [2.24, 2.45) is 12.0 Å². The molecule has 1 aromatic rings. The van der Waals surface area contributed by atoms with Crippen LogP contribution in [0.5, 0.6) is 0 Å². The third-order valence-corrected chi connectivity index (χ3v) is 3.71. The minimum atomic E-state index is 0. The Kier molecular flexibility index (Phi) is 13.8. The van der Waals surface area contributed by atoms with Crippen LogP contribution in [0, 0.1) is 0 Å². The Morgan fingerprint density at radius 2 is 2.08 bits per heavy atom. The number of rotatable bonds is 11. The zero-order chi connectivity index (χ0) is 17.8. The average molecular weight is 466 g/mol. The first kappa shape index (κ1) is 24.1. The SMILES string of the molecule is CCNC(=NCC(c1cnn(C)c1)N(C)C)NCCCCOCC.I. The lowest BCUT2D eigenvalue weighted by atomic mass is 10.1. The first-order valence-corrected chi connectivity index (χ1v) is 8.83. The van der Waals surface area contributed by atoms with Gasteiger partial charge in [0, 0.05) is 45.1 Å². The average Bonchev–Trinajstić information content (AvgIpc) is 2.96. The smallest absolute Gasteiger partial charge is 0.191 e. The number of nitrogens with one attached hydrogen (secondary N) is 2. The van der Waals surface area contributed by atoms with Gasteiger partial charge in [0.1, 0.15) is 0 Å². The summed E-state index contributed by atoms with van der Waals surface area (Å²) in [7, 11) is 6.08. The van der Waals surface area contributed by atoms with Crippen LogP contribution in [-0.2, 0) is 11.8 Å². The van der Waals surface area contributed by atoms with Crippen molar-refractivity contribution in [1.29, 1.82) is 0 Å². The largest absolute Gasteiger partial charge is 0.382 e. The zero-order valence-electron chi connectivity index (χ0n) is 16.3. The number of aliphatic imine (C=N–C) groups is 1. The highest BCUT2D eigenvalue weighted by atomic mass is 127. The maximum absolute atomic E-state index is 5.36. The second-order valence-corrected chi connectivity index (χ2v) is 5.98. The van der Waals surface area contributed by atoms with E-state index in [0.29, 0.717) is 6.54 Å². The summed E-state index contributed by atoms with van der Waals surface area (Å²) in [5, 5.41) is 11.0. The highest BCUT2D eigenvalue weighted by Gasteiger charge is 2.15. The number of unbranched alkanes of at least 4 members (excludes halogenated alkanes) is 1. The fourth-order valence-electron chi connectivity index (χ4n) is 2.38. The number of nitrogens with zero attached hydrogens (tertiary/aromatic N) is 4. The van der Waals surface area contributed by atoms with E-state index in [1.807, 2.05) is 31.0 Å². The normalized spacial score (nSPS) is 12.8. The summed E-state index contributed by atoms with van der Waals surface area (Å²) in [5.41, 5.74) is 1.18. The van der Waals surface area contributed by atoms with Crippen LogP contribution in [0.2, 0.25) is 0 Å². The fraction of sp³-hybridized carbons (Fsp3) is 0.765. The molecule has 0 aliphatic heterocycles. The number of halogens is 1. The maximum Gasteiger partial charge on any atom is 0.191 e. The molecule has 146 valence electrons. The molecule has 0 radical (unpaired) electrons. The minimum absolute atomic E-state index is 0. The first-order chi connectivity index (χ1) is 11.6. The van der Waals surface area contributed by atoms with E-state index in [2.05, 4.69) is 41.7 Å². The summed E-state index contributed by atoms with van der Waals surface area (Å²) in [6.45, 7) is 8.16. The molecule has 0 saturated carbocycles. The molecule has 1 aromatic heterocycles. The number of aryl methyl sites for hydroxylation is 1. The van der Waals surface area contributed by atoms with Crippen molar-refractivity contribution in [1.82, 2.24) is 25.3 Å². The zero-order valence-corrected chi connectivity index (χ0v) is 18.6. The van der Waals surface area contributed by atoms with E-state index in [1.165, 1.54) is 5.56 Å². The lowest BCUT2D eigenvalue weighted by Gasteiger charge is -2.22. The van der Waals surface area contributed by atoms with Gasteiger partial charge in [0.2, 0.25) is 0 Å². The molecule has 1 heterocycles. The summed E-state index contributed by atoms with van der Waals surface area (Å²) < 4.78 is 7.19. The number of guanidine groups is 1. The first-order valence-electron chi connectivity index (χ1n) is 8.83. The monoisotopic (exact) mass is 466 g/mol. The maximum atomic E-state index is 5.36. The van der Waals surface area contributed by atoms with Crippen molar-refractivity contribution in [2.75, 3.05) is 46.9 Å². The molecule has 1 rings (SSSR count). The van der Waals surface area contributed by atoms with Crippen LogP contribution < -0.4 is 10.6 Å². The van der Waals surface area contributed by atoms with E-state index in [-0.39, 0.29) is 30.0 Å². The van der Waals surface area contributed by atoms with Gasteiger partial charge in [0.25, 0.3) is 0 Å². The van der Waals surface area contributed by atoms with Crippen LogP contribution in [0.4, 0.5) is 0 Å². The van der Waals surface area contributed by atoms with Crippen LogP contribution in [-0.4, -0.2) is 67.6 Å². The van der Waals surface area contributed by atoms with Crippen molar-refractivity contribution in [3.05, 3.63) is 18.0 Å². The van der Waals surface area contributed by atoms with Crippen LogP contribution in [0.15, 0.2) is 17.4 Å². The number of aromatic nitrogens is 2. The van der Waals surface area contributed by atoms with Crippen molar-refractivity contribution >= 4 is 29.9 Å².